The summed E-state index contributed by atoms with van der Waals surface area (Å²) < 4.78 is 0. The van der Waals surface area contributed by atoms with E-state index in [2.05, 4.69) is 91.6 Å². The molecule has 1 N–H and O–H groups in total. The second kappa shape index (κ2) is 7.15. The van der Waals surface area contributed by atoms with Crippen LogP contribution in [0.3, 0.4) is 0 Å². The molecule has 0 spiro atoms. The first-order valence-corrected chi connectivity index (χ1v) is 11.8. The average molecular weight is 438 g/mol. The van der Waals surface area contributed by atoms with Gasteiger partial charge >= 0.3 is 0 Å². The molecule has 1 aliphatic heterocycles. The Morgan fingerprint density at radius 1 is 0.710 bits per heavy atom. The summed E-state index contributed by atoms with van der Waals surface area (Å²) in [5, 5.41) is 2.30. The Balaban J connectivity index is 1.54. The van der Waals surface area contributed by atoms with Gasteiger partial charge in [0.2, 0.25) is 0 Å². The number of hydrogen-bond acceptors (Lipinski definition) is 3. The number of H-pyrrole nitrogens is 1. The van der Waals surface area contributed by atoms with Gasteiger partial charge in [-0.15, -0.1) is 22.7 Å². The maximum absolute atomic E-state index is 5.05. The van der Waals surface area contributed by atoms with Gasteiger partial charge in [-0.2, -0.15) is 0 Å². The van der Waals surface area contributed by atoms with Crippen LogP contribution in [0.2, 0.25) is 0 Å². The summed E-state index contributed by atoms with van der Waals surface area (Å²) in [6.45, 7) is 4.27. The molecule has 0 saturated heterocycles. The molecule has 4 heterocycles. The predicted molar refractivity (Wildman–Crippen MR) is 134 cm³/mol. The van der Waals surface area contributed by atoms with Crippen LogP contribution in [0.4, 0.5) is 5.82 Å². The van der Waals surface area contributed by atoms with Gasteiger partial charge < -0.3 is 4.98 Å². The first kappa shape index (κ1) is 18.5. The van der Waals surface area contributed by atoms with Gasteiger partial charge in [0, 0.05) is 31.7 Å². The number of nitrogens with zero attached hydrogens (tertiary/aromatic N) is 2. The highest BCUT2D eigenvalue weighted by molar-refractivity contribution is 7.15. The molecule has 150 valence electrons. The van der Waals surface area contributed by atoms with Crippen LogP contribution in [-0.2, 0) is 0 Å². The van der Waals surface area contributed by atoms with Crippen molar-refractivity contribution in [2.45, 2.75) is 13.8 Å². The molecule has 0 unspecified atom stereocenters. The van der Waals surface area contributed by atoms with E-state index in [0.717, 1.165) is 39.6 Å². The summed E-state index contributed by atoms with van der Waals surface area (Å²) >= 11 is 3.57. The third-order valence-electron chi connectivity index (χ3n) is 5.51. The van der Waals surface area contributed by atoms with E-state index in [0.29, 0.717) is 0 Å². The van der Waals surface area contributed by atoms with Crippen molar-refractivity contribution in [1.29, 1.82) is 0 Å². The Morgan fingerprint density at radius 3 is 2.06 bits per heavy atom. The Kier molecular flexibility index (Phi) is 4.26. The normalized spacial score (nSPS) is 14.4. The van der Waals surface area contributed by atoms with E-state index in [1.807, 2.05) is 0 Å². The SMILES string of the molecule is Cc1ccc(C2=N/C(=N/c3[nH]c(-c4ccc(C)s4)c4ccccc34)c3ccccc32)s1. The molecule has 0 fully saturated rings. The Bertz CT molecular complexity index is 1510. The number of aromatic amines is 1. The number of fused-ring (bicyclic) bond motifs is 2. The zero-order valence-electron chi connectivity index (χ0n) is 17.1. The van der Waals surface area contributed by atoms with Gasteiger partial charge in [0.05, 0.1) is 21.2 Å². The van der Waals surface area contributed by atoms with Crippen LogP contribution in [0, 0.1) is 13.8 Å². The number of thiophene rings is 2. The molecule has 0 aliphatic carbocycles. The van der Waals surface area contributed by atoms with E-state index < -0.39 is 0 Å². The zero-order valence-corrected chi connectivity index (χ0v) is 18.8. The molecule has 0 saturated carbocycles. The fourth-order valence-corrected chi connectivity index (χ4v) is 5.82. The molecule has 0 amide bonds. The summed E-state index contributed by atoms with van der Waals surface area (Å²) in [4.78, 5) is 18.6. The van der Waals surface area contributed by atoms with E-state index in [4.69, 9.17) is 9.98 Å². The van der Waals surface area contributed by atoms with Gasteiger partial charge in [-0.05, 0) is 38.1 Å². The number of nitrogens with one attached hydrogen (secondary N) is 1. The molecule has 3 aromatic heterocycles. The quantitative estimate of drug-likeness (QED) is 0.303. The second-order valence-electron chi connectivity index (χ2n) is 7.66. The lowest BCUT2D eigenvalue weighted by Crippen LogP contribution is -1.97. The number of amidine groups is 1. The van der Waals surface area contributed by atoms with E-state index in [1.165, 1.54) is 24.9 Å². The van der Waals surface area contributed by atoms with Gasteiger partial charge in [0.1, 0.15) is 5.82 Å². The standard InChI is InChI=1S/C26H19N3S2/c1-15-11-13-21(30-15)23-17-7-3-5-9-19(17)25(27-23)29-26-20-10-6-4-8-18(20)24(28-26)22-14-12-16(2)31-22/h3-14,27H,1-2H3/b29-26+. The van der Waals surface area contributed by atoms with Crippen LogP contribution in [-0.4, -0.2) is 16.5 Å². The van der Waals surface area contributed by atoms with Crippen molar-refractivity contribution in [3.8, 4) is 10.6 Å². The van der Waals surface area contributed by atoms with Gasteiger partial charge in [-0.3, -0.25) is 0 Å². The molecular formula is C26H19N3S2. The monoisotopic (exact) mass is 437 g/mol. The van der Waals surface area contributed by atoms with Crippen molar-refractivity contribution in [2.24, 2.45) is 9.98 Å². The number of hydrogen-bond donors (Lipinski definition) is 1. The Labute approximate surface area is 188 Å². The van der Waals surface area contributed by atoms with Gasteiger partial charge in [0.25, 0.3) is 0 Å². The lowest BCUT2D eigenvalue weighted by molar-refractivity contribution is 1.34. The molecule has 0 radical (unpaired) electrons. The largest absolute Gasteiger partial charge is 0.338 e. The van der Waals surface area contributed by atoms with Crippen molar-refractivity contribution in [2.75, 3.05) is 0 Å². The number of aliphatic imine (C=N–C) groups is 2. The number of rotatable bonds is 3. The van der Waals surface area contributed by atoms with Gasteiger partial charge in [-0.25, -0.2) is 9.98 Å². The van der Waals surface area contributed by atoms with Crippen molar-refractivity contribution >= 4 is 50.8 Å². The van der Waals surface area contributed by atoms with Crippen LogP contribution in [0.15, 0.2) is 82.8 Å². The molecule has 1 aliphatic rings. The fraction of sp³-hybridized carbons (Fsp3) is 0.0769. The molecule has 2 aromatic carbocycles. The number of aromatic nitrogens is 1. The van der Waals surface area contributed by atoms with Crippen molar-refractivity contribution in [3.63, 3.8) is 0 Å². The average Bonchev–Trinajstić information content (AvgIpc) is 3.55. The smallest absolute Gasteiger partial charge is 0.162 e. The molecule has 5 aromatic rings. The van der Waals surface area contributed by atoms with Crippen LogP contribution in [0.1, 0.15) is 25.8 Å². The summed E-state index contributed by atoms with van der Waals surface area (Å²) in [6.07, 6.45) is 0. The lowest BCUT2D eigenvalue weighted by atomic mass is 10.0. The Morgan fingerprint density at radius 2 is 1.35 bits per heavy atom. The summed E-state index contributed by atoms with van der Waals surface area (Å²) in [5.41, 5.74) is 4.36. The highest BCUT2D eigenvalue weighted by Crippen LogP contribution is 2.38. The third-order valence-corrected chi connectivity index (χ3v) is 7.54. The minimum absolute atomic E-state index is 0.762. The van der Waals surface area contributed by atoms with Gasteiger partial charge in [-0.1, -0.05) is 48.5 Å². The molecule has 5 heteroatoms. The van der Waals surface area contributed by atoms with E-state index in [-0.39, 0.29) is 0 Å². The molecule has 31 heavy (non-hydrogen) atoms. The van der Waals surface area contributed by atoms with E-state index in [1.54, 1.807) is 22.7 Å². The fourth-order valence-electron chi connectivity index (χ4n) is 4.06. The van der Waals surface area contributed by atoms with Crippen LogP contribution < -0.4 is 0 Å². The maximum atomic E-state index is 5.05. The minimum atomic E-state index is 0.762. The first-order chi connectivity index (χ1) is 15.2. The van der Waals surface area contributed by atoms with Crippen LogP contribution >= 0.6 is 22.7 Å². The third kappa shape index (κ3) is 3.09. The summed E-state index contributed by atoms with van der Waals surface area (Å²) in [7, 11) is 0. The van der Waals surface area contributed by atoms with Crippen molar-refractivity contribution in [3.05, 3.63) is 98.6 Å². The molecule has 0 bridgehead atoms. The maximum Gasteiger partial charge on any atom is 0.162 e. The summed E-state index contributed by atoms with van der Waals surface area (Å²) in [5.74, 6) is 1.62. The number of benzene rings is 2. The summed E-state index contributed by atoms with van der Waals surface area (Å²) in [6, 6.07) is 25.4. The predicted octanol–water partition coefficient (Wildman–Crippen LogP) is 7.50. The molecule has 3 nitrogen and oxygen atoms in total. The first-order valence-electron chi connectivity index (χ1n) is 10.2. The molecule has 6 rings (SSSR count). The highest BCUT2D eigenvalue weighted by atomic mass is 32.1. The van der Waals surface area contributed by atoms with E-state index in [9.17, 15) is 0 Å². The lowest BCUT2D eigenvalue weighted by Gasteiger charge is -2.00. The van der Waals surface area contributed by atoms with Crippen molar-refractivity contribution in [1.82, 2.24) is 4.98 Å². The van der Waals surface area contributed by atoms with E-state index >= 15 is 0 Å². The highest BCUT2D eigenvalue weighted by Gasteiger charge is 2.24. The van der Waals surface area contributed by atoms with Crippen LogP contribution in [0.25, 0.3) is 21.3 Å². The molecule has 0 atom stereocenters. The Hall–Kier alpha value is -3.28. The molecular weight excluding hydrogens is 418 g/mol. The topological polar surface area (TPSA) is 40.5 Å². The van der Waals surface area contributed by atoms with Gasteiger partial charge in [0.15, 0.2) is 5.84 Å². The number of aryl methyl sites for hydroxylation is 2. The second-order valence-corrected chi connectivity index (χ2v) is 10.2. The van der Waals surface area contributed by atoms with Crippen LogP contribution in [0.5, 0.6) is 0 Å². The van der Waals surface area contributed by atoms with Crippen molar-refractivity contribution < 1.29 is 0 Å². The minimum Gasteiger partial charge on any atom is -0.338 e. The zero-order chi connectivity index (χ0) is 20.9.